The summed E-state index contributed by atoms with van der Waals surface area (Å²) in [6.07, 6.45) is 3.91. The molecule has 1 N–H and O–H groups in total. The van der Waals surface area contributed by atoms with Gasteiger partial charge in [-0.15, -0.1) is 0 Å². The lowest BCUT2D eigenvalue weighted by Gasteiger charge is -2.31. The van der Waals surface area contributed by atoms with Gasteiger partial charge in [-0.05, 0) is 54.3 Å². The van der Waals surface area contributed by atoms with Crippen molar-refractivity contribution >= 4 is 27.1 Å². The third-order valence-corrected chi connectivity index (χ3v) is 7.82. The van der Waals surface area contributed by atoms with Gasteiger partial charge in [-0.3, -0.25) is 9.78 Å². The topological polar surface area (TPSA) is 88.6 Å². The Bertz CT molecular complexity index is 1310. The Labute approximate surface area is 193 Å². The summed E-state index contributed by atoms with van der Waals surface area (Å²) in [5.74, 6) is -0.421. The molecule has 8 heteroatoms. The number of benzene rings is 2. The molecule has 3 aromatic rings. The van der Waals surface area contributed by atoms with E-state index in [1.165, 1.54) is 17.3 Å². The number of carbonyl (C=O) groups excluding carboxylic acids is 1. The highest BCUT2D eigenvalue weighted by molar-refractivity contribution is 7.91. The lowest BCUT2D eigenvalue weighted by molar-refractivity contribution is 0.0950. The first-order valence-electron chi connectivity index (χ1n) is 11.0. The summed E-state index contributed by atoms with van der Waals surface area (Å²) >= 11 is 0. The highest BCUT2D eigenvalue weighted by Gasteiger charge is 2.24. The number of nitrogens with one attached hydrogen (secondary N) is 1. The molecule has 0 saturated heterocycles. The van der Waals surface area contributed by atoms with Crippen molar-refractivity contribution in [2.75, 3.05) is 23.8 Å². The van der Waals surface area contributed by atoms with E-state index < -0.39 is 9.84 Å². The van der Waals surface area contributed by atoms with Crippen LogP contribution in [0, 0.1) is 0 Å². The van der Waals surface area contributed by atoms with Gasteiger partial charge in [0, 0.05) is 29.7 Å². The number of para-hydroxylation sites is 1. The second-order valence-corrected chi connectivity index (χ2v) is 10.3. The van der Waals surface area contributed by atoms with Crippen LogP contribution in [0.25, 0.3) is 0 Å². The van der Waals surface area contributed by atoms with Crippen molar-refractivity contribution < 1.29 is 17.9 Å². The summed E-state index contributed by atoms with van der Waals surface area (Å²) in [5.41, 5.74) is 5.21. The number of amides is 1. The number of hydrogen-bond donors (Lipinski definition) is 1. The molecule has 2 aromatic carbocycles. The van der Waals surface area contributed by atoms with E-state index in [-0.39, 0.29) is 36.3 Å². The summed E-state index contributed by atoms with van der Waals surface area (Å²) in [6, 6.07) is 17.1. The normalized spacial score (nSPS) is 16.9. The van der Waals surface area contributed by atoms with E-state index in [0.717, 1.165) is 30.8 Å². The number of carbonyl (C=O) groups is 1. The van der Waals surface area contributed by atoms with Gasteiger partial charge in [-0.2, -0.15) is 0 Å². The van der Waals surface area contributed by atoms with E-state index in [1.54, 1.807) is 18.3 Å². The molecule has 0 bridgehead atoms. The van der Waals surface area contributed by atoms with Gasteiger partial charge in [-0.1, -0.05) is 24.3 Å². The molecule has 0 saturated carbocycles. The smallest absolute Gasteiger partial charge is 0.251 e. The molecule has 1 amide bonds. The molecule has 2 aliphatic heterocycles. The Morgan fingerprint density at radius 2 is 1.97 bits per heavy atom. The summed E-state index contributed by atoms with van der Waals surface area (Å²) < 4.78 is 30.3. The van der Waals surface area contributed by atoms with Crippen LogP contribution in [0.2, 0.25) is 0 Å². The molecule has 5 rings (SSSR count). The van der Waals surface area contributed by atoms with Crippen LogP contribution in [0.5, 0.6) is 0 Å². The number of rotatable bonds is 4. The fourth-order valence-corrected chi connectivity index (χ4v) is 5.76. The summed E-state index contributed by atoms with van der Waals surface area (Å²) in [6.45, 7) is 1.56. The second kappa shape index (κ2) is 8.96. The molecular formula is C25H25N3O4S. The van der Waals surface area contributed by atoms with E-state index in [0.29, 0.717) is 11.1 Å². The first-order valence-corrected chi connectivity index (χ1v) is 12.7. The summed E-state index contributed by atoms with van der Waals surface area (Å²) in [7, 11) is -3.47. The molecule has 0 unspecified atom stereocenters. The number of nitrogens with zero attached hydrogens (tertiary/aromatic N) is 2. The maximum Gasteiger partial charge on any atom is 0.251 e. The zero-order chi connectivity index (χ0) is 22.8. The van der Waals surface area contributed by atoms with Crippen molar-refractivity contribution in [1.29, 1.82) is 0 Å². The van der Waals surface area contributed by atoms with Crippen LogP contribution in [-0.4, -0.2) is 38.2 Å². The van der Waals surface area contributed by atoms with Gasteiger partial charge in [0.05, 0.1) is 36.1 Å². The maximum absolute atomic E-state index is 12.8. The Hall–Kier alpha value is -3.23. The molecule has 2 aliphatic rings. The number of aromatic nitrogens is 1. The van der Waals surface area contributed by atoms with Crippen LogP contribution >= 0.6 is 0 Å². The van der Waals surface area contributed by atoms with Gasteiger partial charge in [0.2, 0.25) is 0 Å². The van der Waals surface area contributed by atoms with Crippen molar-refractivity contribution in [2.45, 2.75) is 30.9 Å². The minimum Gasteiger partial charge on any atom is -0.376 e. The van der Waals surface area contributed by atoms with Gasteiger partial charge in [0.15, 0.2) is 9.84 Å². The number of aryl methyl sites for hydroxylation is 1. The van der Waals surface area contributed by atoms with Crippen molar-refractivity contribution in [3.8, 4) is 0 Å². The minimum atomic E-state index is -3.47. The van der Waals surface area contributed by atoms with Gasteiger partial charge >= 0.3 is 0 Å². The molecule has 0 radical (unpaired) electrons. The summed E-state index contributed by atoms with van der Waals surface area (Å²) in [5, 5.41) is 2.87. The predicted molar refractivity (Wildman–Crippen MR) is 125 cm³/mol. The highest BCUT2D eigenvalue weighted by atomic mass is 32.2. The zero-order valence-electron chi connectivity index (χ0n) is 18.2. The van der Waals surface area contributed by atoms with Gasteiger partial charge in [0.25, 0.3) is 5.91 Å². The van der Waals surface area contributed by atoms with Crippen LogP contribution in [0.1, 0.15) is 33.6 Å². The van der Waals surface area contributed by atoms with Crippen molar-refractivity contribution in [3.63, 3.8) is 0 Å². The van der Waals surface area contributed by atoms with Crippen molar-refractivity contribution in [1.82, 2.24) is 10.3 Å². The van der Waals surface area contributed by atoms with Crippen LogP contribution in [0.3, 0.4) is 0 Å². The third-order valence-electron chi connectivity index (χ3n) is 6.07. The van der Waals surface area contributed by atoms with Crippen molar-refractivity contribution in [2.24, 2.45) is 0 Å². The minimum absolute atomic E-state index is 0.0819. The quantitative estimate of drug-likeness (QED) is 0.638. The fraction of sp³-hybridized carbons (Fsp3) is 0.280. The first kappa shape index (κ1) is 21.6. The lowest BCUT2D eigenvalue weighted by atomic mass is 10.0. The van der Waals surface area contributed by atoms with Gasteiger partial charge in [-0.25, -0.2) is 8.42 Å². The molecule has 33 heavy (non-hydrogen) atoms. The zero-order valence-corrected chi connectivity index (χ0v) is 19.0. The number of ether oxygens (including phenoxy) is 1. The fourth-order valence-electron chi connectivity index (χ4n) is 4.37. The van der Waals surface area contributed by atoms with Crippen LogP contribution in [0.4, 0.5) is 11.4 Å². The Morgan fingerprint density at radius 1 is 1.09 bits per heavy atom. The number of hydrogen-bond acceptors (Lipinski definition) is 6. The highest BCUT2D eigenvalue weighted by Crippen LogP contribution is 2.33. The molecule has 3 heterocycles. The Kier molecular flexibility index (Phi) is 5.86. The van der Waals surface area contributed by atoms with E-state index in [1.807, 2.05) is 18.2 Å². The van der Waals surface area contributed by atoms with Gasteiger partial charge in [0.1, 0.15) is 0 Å². The van der Waals surface area contributed by atoms with E-state index in [4.69, 9.17) is 4.74 Å². The Morgan fingerprint density at radius 3 is 2.88 bits per heavy atom. The third kappa shape index (κ3) is 4.49. The molecule has 170 valence electrons. The van der Waals surface area contributed by atoms with E-state index in [2.05, 4.69) is 33.4 Å². The summed E-state index contributed by atoms with van der Waals surface area (Å²) in [4.78, 5) is 19.6. The standard InChI is InChI=1S/C25H25N3O4S/c29-25(19-7-8-20-17-32-12-13-33(30,31)24(20)14-19)27-16-21-15-22(9-10-26-21)28-11-3-5-18-4-1-2-6-23(18)28/h1-2,4,6-10,14-15H,3,5,11-13,16-17H2,(H,27,29). The second-order valence-electron chi connectivity index (χ2n) is 8.27. The number of pyridine rings is 1. The largest absolute Gasteiger partial charge is 0.376 e. The van der Waals surface area contributed by atoms with Crippen LogP contribution < -0.4 is 10.2 Å². The average Bonchev–Trinajstić information content (AvgIpc) is 2.99. The molecule has 1 aromatic heterocycles. The first-order chi connectivity index (χ1) is 16.0. The van der Waals surface area contributed by atoms with E-state index in [9.17, 15) is 13.2 Å². The predicted octanol–water partition coefficient (Wildman–Crippen LogP) is 3.40. The molecule has 0 atom stereocenters. The molecular weight excluding hydrogens is 438 g/mol. The monoisotopic (exact) mass is 463 g/mol. The lowest BCUT2D eigenvalue weighted by Crippen LogP contribution is -2.26. The van der Waals surface area contributed by atoms with E-state index >= 15 is 0 Å². The molecule has 7 nitrogen and oxygen atoms in total. The number of anilines is 2. The average molecular weight is 464 g/mol. The maximum atomic E-state index is 12.8. The van der Waals surface area contributed by atoms with Crippen LogP contribution in [0.15, 0.2) is 65.7 Å². The van der Waals surface area contributed by atoms with Crippen LogP contribution in [-0.2, 0) is 34.1 Å². The Balaban J connectivity index is 1.32. The van der Waals surface area contributed by atoms with Crippen molar-refractivity contribution in [3.05, 3.63) is 83.2 Å². The molecule has 0 aliphatic carbocycles. The number of sulfone groups is 1. The molecule has 0 fully saturated rings. The molecule has 0 spiro atoms. The SMILES string of the molecule is O=C(NCc1cc(N2CCCc3ccccc32)ccn1)c1ccc2c(c1)S(=O)(=O)CCOC2. The number of fused-ring (bicyclic) bond motifs is 2. The van der Waals surface area contributed by atoms with Gasteiger partial charge < -0.3 is 15.0 Å².